The summed E-state index contributed by atoms with van der Waals surface area (Å²) in [7, 11) is 0. The van der Waals surface area contributed by atoms with Crippen LogP contribution in [0.5, 0.6) is 0 Å². The van der Waals surface area contributed by atoms with Crippen molar-refractivity contribution in [2.24, 2.45) is 5.92 Å². The van der Waals surface area contributed by atoms with Gasteiger partial charge in [0.05, 0.1) is 19.6 Å². The molecule has 0 saturated carbocycles. The lowest BCUT2D eigenvalue weighted by Gasteiger charge is -2.37. The molecule has 0 bridgehead atoms. The molecule has 40 heavy (non-hydrogen) atoms. The van der Waals surface area contributed by atoms with E-state index in [1.54, 1.807) is 30.0 Å². The molecule has 2 aromatic carbocycles. The highest BCUT2D eigenvalue weighted by atomic mass is 19.1. The summed E-state index contributed by atoms with van der Waals surface area (Å²) in [5, 5.41) is 3.18. The molecule has 212 valence electrons. The number of benzene rings is 2. The number of quaternary nitrogens is 1. The smallest absolute Gasteiger partial charge is 0.426 e. The van der Waals surface area contributed by atoms with Crippen molar-refractivity contribution in [2.45, 2.75) is 52.1 Å². The Bertz CT molecular complexity index is 1400. The van der Waals surface area contributed by atoms with Gasteiger partial charge in [0.1, 0.15) is 12.1 Å². The van der Waals surface area contributed by atoms with Crippen molar-refractivity contribution in [3.8, 4) is 0 Å². The van der Waals surface area contributed by atoms with E-state index < -0.39 is 10.7 Å². The van der Waals surface area contributed by atoms with Crippen LogP contribution in [0.25, 0.3) is 11.1 Å². The molecule has 10 heteroatoms. The van der Waals surface area contributed by atoms with Gasteiger partial charge in [0.25, 0.3) is 6.01 Å². The van der Waals surface area contributed by atoms with Gasteiger partial charge >= 0.3 is 17.9 Å². The number of fused-ring (bicyclic) bond motifs is 1. The van der Waals surface area contributed by atoms with Crippen LogP contribution in [0.1, 0.15) is 43.7 Å². The van der Waals surface area contributed by atoms with Gasteiger partial charge in [-0.05, 0) is 61.9 Å². The summed E-state index contributed by atoms with van der Waals surface area (Å²) in [5.74, 6) is -0.415. The molecule has 0 radical (unpaired) electrons. The number of likely N-dealkylation sites (tertiary alicyclic amines) is 2. The normalized spacial score (nSPS) is 21.5. The number of ether oxygens (including phenoxy) is 1. The number of urea groups is 1. The quantitative estimate of drug-likeness (QED) is 0.314. The summed E-state index contributed by atoms with van der Waals surface area (Å²) in [5.41, 5.74) is 3.77. The maximum absolute atomic E-state index is 14.5. The molecule has 1 N–H and O–H groups in total. The zero-order chi connectivity index (χ0) is 28.3. The molecular weight excluding hydrogens is 515 g/mol. The third-order valence-electron chi connectivity index (χ3n) is 8.02. The number of imide groups is 1. The van der Waals surface area contributed by atoms with Crippen molar-refractivity contribution in [1.29, 1.82) is 0 Å². The Morgan fingerprint density at radius 2 is 1.93 bits per heavy atom. The van der Waals surface area contributed by atoms with Crippen LogP contribution < -0.4 is 5.32 Å². The number of amides is 3. The molecule has 2 aliphatic rings. The lowest BCUT2D eigenvalue weighted by Crippen LogP contribution is -2.62. The monoisotopic (exact) mass is 551 g/mol. The van der Waals surface area contributed by atoms with Crippen molar-refractivity contribution < 1.29 is 32.4 Å². The number of nitrogens with zero attached hydrogens (tertiary/aromatic N) is 3. The summed E-state index contributed by atoms with van der Waals surface area (Å²) in [6, 6.07) is 13.1. The Morgan fingerprint density at radius 3 is 2.62 bits per heavy atom. The minimum atomic E-state index is -1.21. The number of para-hydroxylation sites is 1. The Hall–Kier alpha value is -3.79. The Labute approximate surface area is 232 Å². The van der Waals surface area contributed by atoms with Gasteiger partial charge in [-0.15, -0.1) is 0 Å². The van der Waals surface area contributed by atoms with E-state index in [0.29, 0.717) is 61.6 Å². The highest BCUT2D eigenvalue weighted by molar-refractivity contribution is 5.86. The molecule has 1 aromatic heterocycles. The first-order valence-corrected chi connectivity index (χ1v) is 14.0. The molecular formula is C30H36FN4O5+. The Balaban J connectivity index is 1.28. The number of nitrogens with one attached hydrogen (secondary N) is 1. The number of rotatable bonds is 7. The van der Waals surface area contributed by atoms with Crippen LogP contribution in [-0.4, -0.2) is 71.2 Å². The average molecular weight is 552 g/mol. The highest BCUT2D eigenvalue weighted by Crippen LogP contribution is 2.31. The number of aryl methyl sites for hydroxylation is 1. The topological polar surface area (TPSA) is 102 Å². The zero-order valence-electron chi connectivity index (χ0n) is 23.0. The van der Waals surface area contributed by atoms with Crippen LogP contribution in [0, 0.1) is 12.8 Å². The van der Waals surface area contributed by atoms with Crippen LogP contribution in [0.2, 0.25) is 0 Å². The molecule has 2 atom stereocenters. The predicted octanol–water partition coefficient (Wildman–Crippen LogP) is 5.29. The lowest BCUT2D eigenvalue weighted by atomic mass is 9.93. The fourth-order valence-corrected chi connectivity index (χ4v) is 5.73. The third-order valence-corrected chi connectivity index (χ3v) is 8.02. The van der Waals surface area contributed by atoms with E-state index in [1.807, 2.05) is 31.2 Å². The van der Waals surface area contributed by atoms with Gasteiger partial charge < -0.3 is 14.5 Å². The number of piperidine rings is 1. The molecule has 2 aliphatic heterocycles. The molecule has 2 fully saturated rings. The molecule has 0 spiro atoms. The van der Waals surface area contributed by atoms with Crippen molar-refractivity contribution in [1.82, 2.24) is 9.88 Å². The summed E-state index contributed by atoms with van der Waals surface area (Å²) < 4.78 is 25.0. The van der Waals surface area contributed by atoms with E-state index in [4.69, 9.17) is 9.15 Å². The maximum atomic E-state index is 14.5. The summed E-state index contributed by atoms with van der Waals surface area (Å²) in [6.45, 7) is 4.99. The number of anilines is 2. The summed E-state index contributed by atoms with van der Waals surface area (Å²) in [6.07, 6.45) is 0.577. The van der Waals surface area contributed by atoms with Gasteiger partial charge in [-0.1, -0.05) is 24.3 Å². The number of halogens is 1. The maximum Gasteiger partial charge on any atom is 0.426 e. The Kier molecular flexibility index (Phi) is 8.16. The molecule has 2 saturated heterocycles. The van der Waals surface area contributed by atoms with Gasteiger partial charge in [-0.25, -0.2) is 14.0 Å². The minimum Gasteiger partial charge on any atom is -0.466 e. The van der Waals surface area contributed by atoms with Crippen molar-refractivity contribution in [3.05, 3.63) is 53.6 Å². The predicted molar refractivity (Wildman–Crippen MR) is 148 cm³/mol. The van der Waals surface area contributed by atoms with Gasteiger partial charge in [-0.3, -0.25) is 9.69 Å². The molecule has 3 heterocycles. The van der Waals surface area contributed by atoms with E-state index in [2.05, 4.69) is 10.3 Å². The summed E-state index contributed by atoms with van der Waals surface area (Å²) >= 11 is 0. The van der Waals surface area contributed by atoms with Crippen LogP contribution in [0.3, 0.4) is 0 Å². The van der Waals surface area contributed by atoms with Gasteiger partial charge in [0.15, 0.2) is 11.8 Å². The fourth-order valence-electron chi connectivity index (χ4n) is 5.73. The van der Waals surface area contributed by atoms with Crippen molar-refractivity contribution >= 4 is 40.7 Å². The molecule has 5 rings (SSSR count). The summed E-state index contributed by atoms with van der Waals surface area (Å²) in [4.78, 5) is 45.5. The Morgan fingerprint density at radius 1 is 1.15 bits per heavy atom. The van der Waals surface area contributed by atoms with Gasteiger partial charge in [0.2, 0.25) is 0 Å². The second-order valence-corrected chi connectivity index (χ2v) is 10.8. The molecule has 9 nitrogen and oxygen atoms in total. The first-order chi connectivity index (χ1) is 19.3. The first kappa shape index (κ1) is 27.8. The number of aromatic nitrogens is 1. The highest BCUT2D eigenvalue weighted by Gasteiger charge is 2.53. The van der Waals surface area contributed by atoms with E-state index >= 15 is 0 Å². The average Bonchev–Trinajstić information content (AvgIpc) is 3.53. The largest absolute Gasteiger partial charge is 0.466 e. The number of hydrogen-bond donors (Lipinski definition) is 1. The number of hydrogen-bond acceptors (Lipinski definition) is 7. The molecule has 0 aliphatic carbocycles. The van der Waals surface area contributed by atoms with Crippen LogP contribution in [0.4, 0.5) is 20.9 Å². The lowest BCUT2D eigenvalue weighted by molar-refractivity contribution is -0.765. The molecule has 3 amide bonds. The second kappa shape index (κ2) is 11.8. The third kappa shape index (κ3) is 5.86. The fraction of sp³-hybridized carbons (Fsp3) is 0.467. The van der Waals surface area contributed by atoms with Gasteiger partial charge in [0, 0.05) is 31.6 Å². The van der Waals surface area contributed by atoms with Gasteiger partial charge in [-0.2, -0.15) is 9.47 Å². The number of esters is 1. The van der Waals surface area contributed by atoms with Crippen LogP contribution >= 0.6 is 0 Å². The van der Waals surface area contributed by atoms with Crippen LogP contribution in [-0.2, 0) is 20.7 Å². The van der Waals surface area contributed by atoms with E-state index in [0.717, 1.165) is 11.3 Å². The van der Waals surface area contributed by atoms with E-state index in [-0.39, 0.29) is 49.8 Å². The van der Waals surface area contributed by atoms with E-state index in [9.17, 15) is 18.8 Å². The molecule has 1 unspecified atom stereocenters. The van der Waals surface area contributed by atoms with Crippen molar-refractivity contribution in [2.75, 3.05) is 38.1 Å². The van der Waals surface area contributed by atoms with E-state index in [1.165, 1.54) is 0 Å². The zero-order valence-corrected chi connectivity index (χ0v) is 23.0. The molecule has 3 aromatic rings. The first-order valence-electron chi connectivity index (χ1n) is 14.0. The van der Waals surface area contributed by atoms with Crippen molar-refractivity contribution in [3.63, 3.8) is 0 Å². The number of oxazole rings is 1. The van der Waals surface area contributed by atoms with Crippen LogP contribution in [0.15, 0.2) is 46.9 Å². The number of carbonyl (C=O) groups excluding carboxylic acids is 3. The standard InChI is InChI=1S/C30H36FN4O5/c1-3-39-28(37)18-21-10-13-34(14-11-21)30(38)35(15-12-23(31)19-35)27(36)17-22-8-9-25-26(16-22)40-29(33-25)32-24-7-5-4-6-20(24)2/h4-9,16,21,23H,3,10-15,17-19H2,1-2H3,(H,32,33)/q+1/t23-,35?/m0/s1. The minimum absolute atomic E-state index is 0.0189. The number of carbonyl (C=O) groups is 3. The number of alkyl halides is 1. The SMILES string of the molecule is CCOC(=O)CC1CCN(C(=O)[N+]2(C(=O)Cc3ccc4nc(Nc5ccccc5C)oc4c3)CC[C@H](F)C2)CC1. The second-order valence-electron chi connectivity index (χ2n) is 10.8.